The molecule has 5 aliphatic carbocycles. The second-order valence-corrected chi connectivity index (χ2v) is 18.2. The molecular weight excluding hydrogens is 612 g/mol. The highest BCUT2D eigenvalue weighted by atomic mass is 16.7. The van der Waals surface area contributed by atoms with Gasteiger partial charge < -0.3 is 30.5 Å². The summed E-state index contributed by atoms with van der Waals surface area (Å²) in [5.74, 6) is 0.950. The molecule has 5 N–H and O–H groups in total. The second-order valence-electron chi connectivity index (χ2n) is 18.2. The van der Waals surface area contributed by atoms with Gasteiger partial charge in [-0.3, -0.25) is 14.4 Å². The van der Waals surface area contributed by atoms with Crippen LogP contribution in [0, 0.1) is 56.7 Å². The molecule has 48 heavy (non-hydrogen) atoms. The minimum absolute atomic E-state index is 0.0386. The standard InChI is InChI=1S/C38H62N2O8/c1-21(2)22-11-16-38(33(45)46)18-17-36(6)23(29(22)38)9-10-26-35(5)14-13-27(34(3,4)25(35)12-15-37(26,36)7)39-28(42)19-40(47-8)32-31(44)30(43)24(41)20-48-32/h22-27,29-32,41,43-44H,1,9-20H2,2-8H3,(H,39,42)(H,45,46)/t22-,23?,24-,25?,26?,27-,29?,30-,31-,32+,35-,36+,37+,38-/m0/s1. The number of carboxylic acid groups (broad SMARTS) is 1. The number of fused-ring (bicyclic) bond motifs is 7. The van der Waals surface area contributed by atoms with Crippen molar-refractivity contribution in [2.24, 2.45) is 56.7 Å². The molecule has 0 aromatic rings. The maximum Gasteiger partial charge on any atom is 0.309 e. The third kappa shape index (κ3) is 5.08. The molecule has 1 amide bonds. The zero-order valence-electron chi connectivity index (χ0n) is 30.3. The Kier molecular flexibility index (Phi) is 9.28. The van der Waals surface area contributed by atoms with Gasteiger partial charge in [0, 0.05) is 6.04 Å². The van der Waals surface area contributed by atoms with E-state index in [1.807, 2.05) is 0 Å². The van der Waals surface area contributed by atoms with Crippen molar-refractivity contribution in [3.05, 3.63) is 12.2 Å². The number of carbonyl (C=O) groups is 2. The van der Waals surface area contributed by atoms with Crippen molar-refractivity contribution >= 4 is 11.9 Å². The highest BCUT2D eigenvalue weighted by Gasteiger charge is 2.72. The van der Waals surface area contributed by atoms with Crippen molar-refractivity contribution in [2.75, 3.05) is 20.3 Å². The second kappa shape index (κ2) is 12.3. The van der Waals surface area contributed by atoms with E-state index < -0.39 is 35.9 Å². The number of hydroxylamine groups is 2. The summed E-state index contributed by atoms with van der Waals surface area (Å²) in [6.07, 6.45) is 4.65. The van der Waals surface area contributed by atoms with E-state index in [9.17, 15) is 30.0 Å². The largest absolute Gasteiger partial charge is 0.481 e. The van der Waals surface area contributed by atoms with Gasteiger partial charge in [0.25, 0.3) is 0 Å². The first-order chi connectivity index (χ1) is 22.4. The molecule has 1 aliphatic heterocycles. The summed E-state index contributed by atoms with van der Waals surface area (Å²) in [6, 6.07) is -0.0386. The van der Waals surface area contributed by atoms with Crippen molar-refractivity contribution in [3.63, 3.8) is 0 Å². The number of nitrogens with one attached hydrogen (secondary N) is 1. The highest BCUT2D eigenvalue weighted by Crippen LogP contribution is 2.77. The van der Waals surface area contributed by atoms with Gasteiger partial charge in [0.2, 0.25) is 5.91 Å². The Balaban J connectivity index is 1.20. The van der Waals surface area contributed by atoms with Gasteiger partial charge in [-0.25, -0.2) is 0 Å². The monoisotopic (exact) mass is 674 g/mol. The van der Waals surface area contributed by atoms with Crippen LogP contribution in [-0.4, -0.2) is 88.2 Å². The summed E-state index contributed by atoms with van der Waals surface area (Å²) in [6.45, 7) is 18.4. The Morgan fingerprint density at radius 2 is 1.60 bits per heavy atom. The molecule has 0 radical (unpaired) electrons. The average molecular weight is 675 g/mol. The number of carbonyl (C=O) groups excluding carboxylic acids is 1. The molecule has 5 saturated carbocycles. The predicted molar refractivity (Wildman–Crippen MR) is 180 cm³/mol. The van der Waals surface area contributed by atoms with Crippen molar-refractivity contribution in [3.8, 4) is 0 Å². The zero-order valence-corrected chi connectivity index (χ0v) is 30.3. The molecule has 6 aliphatic rings. The zero-order chi connectivity index (χ0) is 35.2. The van der Waals surface area contributed by atoms with Gasteiger partial charge in [0.15, 0.2) is 6.23 Å². The average Bonchev–Trinajstić information content (AvgIpc) is 3.42. The number of aliphatic hydroxyl groups excluding tert-OH is 3. The van der Waals surface area contributed by atoms with Gasteiger partial charge in [0.05, 0.1) is 19.1 Å². The van der Waals surface area contributed by atoms with Crippen molar-refractivity contribution < 1.29 is 39.6 Å². The van der Waals surface area contributed by atoms with Crippen LogP contribution in [0.5, 0.6) is 0 Å². The van der Waals surface area contributed by atoms with Crippen LogP contribution < -0.4 is 5.32 Å². The number of amides is 1. The van der Waals surface area contributed by atoms with E-state index in [4.69, 9.17) is 9.57 Å². The van der Waals surface area contributed by atoms with E-state index in [1.165, 1.54) is 12.2 Å². The molecule has 10 heteroatoms. The Bertz CT molecular complexity index is 1290. The topological polar surface area (TPSA) is 149 Å². The first-order valence-electron chi connectivity index (χ1n) is 18.5. The summed E-state index contributed by atoms with van der Waals surface area (Å²) in [5, 5.41) is 45.7. The van der Waals surface area contributed by atoms with E-state index >= 15 is 0 Å². The van der Waals surface area contributed by atoms with E-state index in [2.05, 4.69) is 53.4 Å². The summed E-state index contributed by atoms with van der Waals surface area (Å²) in [4.78, 5) is 31.9. The Hall–Kier alpha value is -1.56. The van der Waals surface area contributed by atoms with Gasteiger partial charge in [0.1, 0.15) is 24.9 Å². The molecule has 6 rings (SSSR count). The summed E-state index contributed by atoms with van der Waals surface area (Å²) >= 11 is 0. The first-order valence-corrected chi connectivity index (χ1v) is 18.5. The Morgan fingerprint density at radius 3 is 2.25 bits per heavy atom. The molecule has 6 fully saturated rings. The lowest BCUT2D eigenvalue weighted by Gasteiger charge is -2.73. The Morgan fingerprint density at radius 1 is 0.896 bits per heavy atom. The van der Waals surface area contributed by atoms with Gasteiger partial charge in [-0.05, 0) is 122 Å². The molecule has 0 spiro atoms. The number of carboxylic acids is 1. The van der Waals surface area contributed by atoms with Crippen LogP contribution in [0.15, 0.2) is 12.2 Å². The van der Waals surface area contributed by atoms with Crippen molar-refractivity contribution in [1.29, 1.82) is 0 Å². The van der Waals surface area contributed by atoms with Crippen molar-refractivity contribution in [2.45, 2.75) is 136 Å². The number of aliphatic carboxylic acids is 1. The van der Waals surface area contributed by atoms with Crippen LogP contribution in [0.3, 0.4) is 0 Å². The number of rotatable bonds is 7. The molecule has 0 bridgehead atoms. The number of allylic oxidation sites excluding steroid dienone is 1. The fourth-order valence-electron chi connectivity index (χ4n) is 13.5. The lowest BCUT2D eigenvalue weighted by Crippen LogP contribution is -2.68. The minimum Gasteiger partial charge on any atom is -0.481 e. The molecule has 0 aromatic carbocycles. The van der Waals surface area contributed by atoms with Crippen LogP contribution in [0.1, 0.15) is 106 Å². The number of hydrogen-bond acceptors (Lipinski definition) is 8. The van der Waals surface area contributed by atoms with E-state index in [0.717, 1.165) is 69.8 Å². The molecule has 14 atom stereocenters. The lowest BCUT2D eigenvalue weighted by atomic mass is 9.32. The van der Waals surface area contributed by atoms with E-state index in [1.54, 1.807) is 0 Å². The fraction of sp³-hybridized carbons (Fsp3) is 0.895. The smallest absolute Gasteiger partial charge is 0.309 e. The number of hydrogen-bond donors (Lipinski definition) is 5. The quantitative estimate of drug-likeness (QED) is 0.194. The summed E-state index contributed by atoms with van der Waals surface area (Å²) < 4.78 is 5.53. The third-order valence-electron chi connectivity index (χ3n) is 16.2. The molecule has 4 unspecified atom stereocenters. The number of aliphatic hydroxyl groups is 3. The first kappa shape index (κ1) is 36.2. The summed E-state index contributed by atoms with van der Waals surface area (Å²) in [7, 11) is 1.39. The van der Waals surface area contributed by atoms with Crippen LogP contribution in [0.4, 0.5) is 0 Å². The van der Waals surface area contributed by atoms with Crippen LogP contribution in [0.25, 0.3) is 0 Å². The molecule has 272 valence electrons. The highest BCUT2D eigenvalue weighted by molar-refractivity contribution is 5.78. The molecule has 1 heterocycles. The Labute approximate surface area is 287 Å². The van der Waals surface area contributed by atoms with Gasteiger partial charge in [-0.15, -0.1) is 5.06 Å². The summed E-state index contributed by atoms with van der Waals surface area (Å²) in [5.41, 5.74) is 0.661. The number of ether oxygens (including phenoxy) is 1. The SMILES string of the molecule is C=C(C)[C@@H]1CC[C@]2(C(=O)O)CC[C@]3(C)C(CCC4[C@@]5(C)CC[C@H](NC(=O)CN(OC)[C@@H]6OC[C@H](O)[C@H](O)[C@@H]6O)C(C)(C)C5CC[C@]43C)C12. The lowest BCUT2D eigenvalue weighted by molar-refractivity contribution is -0.303. The predicted octanol–water partition coefficient (Wildman–Crippen LogP) is 4.52. The molecule has 10 nitrogen and oxygen atoms in total. The van der Waals surface area contributed by atoms with Gasteiger partial charge in [-0.1, -0.05) is 46.8 Å². The molecular formula is C38H62N2O8. The molecule has 0 aromatic heterocycles. The van der Waals surface area contributed by atoms with E-state index in [0.29, 0.717) is 17.8 Å². The normalized spacial score (nSPS) is 49.6. The maximum absolute atomic E-state index is 13.5. The number of nitrogens with zero attached hydrogens (tertiary/aromatic N) is 1. The fourth-order valence-corrected chi connectivity index (χ4v) is 13.5. The minimum atomic E-state index is -1.42. The van der Waals surface area contributed by atoms with Crippen LogP contribution >= 0.6 is 0 Å². The third-order valence-corrected chi connectivity index (χ3v) is 16.2. The maximum atomic E-state index is 13.5. The van der Waals surface area contributed by atoms with Crippen molar-refractivity contribution in [1.82, 2.24) is 10.4 Å². The van der Waals surface area contributed by atoms with Crippen LogP contribution in [-0.2, 0) is 19.2 Å². The van der Waals surface area contributed by atoms with Gasteiger partial charge >= 0.3 is 5.97 Å². The van der Waals surface area contributed by atoms with Crippen LogP contribution in [0.2, 0.25) is 0 Å². The van der Waals surface area contributed by atoms with Gasteiger partial charge in [-0.2, -0.15) is 0 Å². The van der Waals surface area contributed by atoms with E-state index in [-0.39, 0.29) is 58.6 Å². The molecule has 1 saturated heterocycles.